The van der Waals surface area contributed by atoms with Crippen LogP contribution in [0.15, 0.2) is 59.9 Å². The molecule has 0 unspecified atom stereocenters. The topological polar surface area (TPSA) is 109 Å². The summed E-state index contributed by atoms with van der Waals surface area (Å²) in [5.74, 6) is 1.53. The SMILES string of the molecule is Cc1ccnc(Nc2cc(NCCNS(=O)(=O)c3cccc(C(F)(F)F)c3)ncn2)c1. The van der Waals surface area contributed by atoms with Crippen LogP contribution in [0.25, 0.3) is 0 Å². The highest BCUT2D eigenvalue weighted by Crippen LogP contribution is 2.30. The van der Waals surface area contributed by atoms with E-state index in [0.717, 1.165) is 23.8 Å². The summed E-state index contributed by atoms with van der Waals surface area (Å²) in [6, 6.07) is 8.88. The van der Waals surface area contributed by atoms with E-state index in [-0.39, 0.29) is 13.1 Å². The third-order valence-corrected chi connectivity index (χ3v) is 5.49. The number of aryl methyl sites for hydroxylation is 1. The number of hydrogen-bond acceptors (Lipinski definition) is 7. The first-order valence-corrected chi connectivity index (χ1v) is 10.5. The molecular weight excluding hydrogens is 433 g/mol. The molecule has 1 aromatic carbocycles. The molecule has 12 heteroatoms. The van der Waals surface area contributed by atoms with Gasteiger partial charge < -0.3 is 10.6 Å². The second kappa shape index (κ2) is 9.27. The highest BCUT2D eigenvalue weighted by atomic mass is 32.2. The summed E-state index contributed by atoms with van der Waals surface area (Å²) in [6.07, 6.45) is -1.64. The normalized spacial score (nSPS) is 11.9. The molecular formula is C19H19F3N6O2S. The number of hydrogen-bond donors (Lipinski definition) is 3. The van der Waals surface area contributed by atoms with E-state index in [9.17, 15) is 21.6 Å². The first-order chi connectivity index (χ1) is 14.6. The lowest BCUT2D eigenvalue weighted by Crippen LogP contribution is -2.29. The molecule has 2 aromatic heterocycles. The van der Waals surface area contributed by atoms with E-state index in [1.165, 1.54) is 6.33 Å². The van der Waals surface area contributed by atoms with Crippen LogP contribution in [-0.2, 0) is 16.2 Å². The molecule has 0 aliphatic carbocycles. The smallest absolute Gasteiger partial charge is 0.369 e. The minimum atomic E-state index is -4.63. The fourth-order valence-electron chi connectivity index (χ4n) is 2.56. The van der Waals surface area contributed by atoms with E-state index in [1.807, 2.05) is 19.1 Å². The van der Waals surface area contributed by atoms with Crippen LogP contribution in [0.2, 0.25) is 0 Å². The number of nitrogens with zero attached hydrogens (tertiary/aromatic N) is 3. The van der Waals surface area contributed by atoms with Crippen molar-refractivity contribution in [2.24, 2.45) is 0 Å². The molecule has 0 spiro atoms. The number of benzene rings is 1. The zero-order valence-electron chi connectivity index (χ0n) is 16.3. The Kier molecular flexibility index (Phi) is 6.71. The van der Waals surface area contributed by atoms with Gasteiger partial charge in [0, 0.05) is 25.4 Å². The second-order valence-electron chi connectivity index (χ2n) is 6.48. The number of alkyl halides is 3. The second-order valence-corrected chi connectivity index (χ2v) is 8.25. The lowest BCUT2D eigenvalue weighted by atomic mass is 10.2. The summed E-state index contributed by atoms with van der Waals surface area (Å²) in [6.45, 7) is 2.02. The highest BCUT2D eigenvalue weighted by Gasteiger charge is 2.31. The third-order valence-electron chi connectivity index (χ3n) is 4.03. The van der Waals surface area contributed by atoms with Crippen molar-refractivity contribution < 1.29 is 21.6 Å². The van der Waals surface area contributed by atoms with Gasteiger partial charge in [0.2, 0.25) is 10.0 Å². The number of anilines is 3. The Hall–Kier alpha value is -3.25. The molecule has 3 rings (SSSR count). The third kappa shape index (κ3) is 6.36. The number of sulfonamides is 1. The summed E-state index contributed by atoms with van der Waals surface area (Å²) in [5, 5.41) is 5.96. The highest BCUT2D eigenvalue weighted by molar-refractivity contribution is 7.89. The largest absolute Gasteiger partial charge is 0.416 e. The molecule has 0 bridgehead atoms. The van der Waals surface area contributed by atoms with Crippen LogP contribution in [-0.4, -0.2) is 36.5 Å². The van der Waals surface area contributed by atoms with Crippen molar-refractivity contribution >= 4 is 27.5 Å². The first-order valence-electron chi connectivity index (χ1n) is 9.06. The van der Waals surface area contributed by atoms with E-state index in [4.69, 9.17) is 0 Å². The van der Waals surface area contributed by atoms with Crippen molar-refractivity contribution in [3.8, 4) is 0 Å². The van der Waals surface area contributed by atoms with Gasteiger partial charge in [-0.3, -0.25) is 0 Å². The Morgan fingerprint density at radius 3 is 2.42 bits per heavy atom. The Bertz CT molecular complexity index is 1160. The molecule has 31 heavy (non-hydrogen) atoms. The summed E-state index contributed by atoms with van der Waals surface area (Å²) >= 11 is 0. The van der Waals surface area contributed by atoms with Crippen LogP contribution in [0, 0.1) is 6.92 Å². The quantitative estimate of drug-likeness (QED) is 0.450. The first kappa shape index (κ1) is 22.4. The van der Waals surface area contributed by atoms with Crippen molar-refractivity contribution in [2.75, 3.05) is 23.7 Å². The van der Waals surface area contributed by atoms with Crippen LogP contribution in [0.3, 0.4) is 0 Å². The lowest BCUT2D eigenvalue weighted by Gasteiger charge is -2.11. The van der Waals surface area contributed by atoms with Gasteiger partial charge in [-0.25, -0.2) is 28.1 Å². The monoisotopic (exact) mass is 452 g/mol. The van der Waals surface area contributed by atoms with Crippen LogP contribution in [0.1, 0.15) is 11.1 Å². The standard InChI is InChI=1S/C19H19F3N6O2S/c1-13-5-6-23-17(9-13)28-18-11-16(25-12-26-18)24-7-8-27-31(29,30)15-4-2-3-14(10-15)19(20,21)22/h2-6,9-12,27H,7-8H2,1H3,(H2,23,24,25,26,28). The van der Waals surface area contributed by atoms with Crippen LogP contribution in [0.5, 0.6) is 0 Å². The van der Waals surface area contributed by atoms with E-state index >= 15 is 0 Å². The van der Waals surface area contributed by atoms with Gasteiger partial charge in [-0.1, -0.05) is 6.07 Å². The van der Waals surface area contributed by atoms with Gasteiger partial charge in [0.25, 0.3) is 0 Å². The van der Waals surface area contributed by atoms with Crippen molar-refractivity contribution in [1.29, 1.82) is 0 Å². The Morgan fingerprint density at radius 2 is 1.68 bits per heavy atom. The van der Waals surface area contributed by atoms with Gasteiger partial charge in [0.15, 0.2) is 0 Å². The summed E-state index contributed by atoms with van der Waals surface area (Å²) in [5.41, 5.74) is -0.00410. The molecule has 3 aromatic rings. The van der Waals surface area contributed by atoms with Crippen LogP contribution >= 0.6 is 0 Å². The van der Waals surface area contributed by atoms with Crippen molar-refractivity contribution in [3.05, 3.63) is 66.1 Å². The van der Waals surface area contributed by atoms with Crippen LogP contribution < -0.4 is 15.4 Å². The molecule has 3 N–H and O–H groups in total. The molecule has 8 nitrogen and oxygen atoms in total. The summed E-state index contributed by atoms with van der Waals surface area (Å²) in [7, 11) is -4.09. The Labute approximate surface area is 177 Å². The maximum Gasteiger partial charge on any atom is 0.416 e. The van der Waals surface area contributed by atoms with Crippen molar-refractivity contribution in [3.63, 3.8) is 0 Å². The van der Waals surface area contributed by atoms with Gasteiger partial charge in [0.05, 0.1) is 10.5 Å². The summed E-state index contributed by atoms with van der Waals surface area (Å²) in [4.78, 5) is 11.9. The van der Waals surface area contributed by atoms with Gasteiger partial charge >= 0.3 is 6.18 Å². The fourth-order valence-corrected chi connectivity index (χ4v) is 3.63. The number of rotatable bonds is 8. The molecule has 164 valence electrons. The lowest BCUT2D eigenvalue weighted by molar-refractivity contribution is -0.137. The zero-order chi connectivity index (χ0) is 22.5. The predicted octanol–water partition coefficient (Wildman–Crippen LogP) is 3.33. The molecule has 0 aliphatic heterocycles. The molecule has 2 heterocycles. The van der Waals surface area contributed by atoms with E-state index in [0.29, 0.717) is 23.5 Å². The summed E-state index contributed by atoms with van der Waals surface area (Å²) < 4.78 is 65.2. The molecule has 0 aliphatic rings. The number of nitrogens with one attached hydrogen (secondary N) is 3. The van der Waals surface area contributed by atoms with Gasteiger partial charge in [-0.2, -0.15) is 13.2 Å². The van der Waals surface area contributed by atoms with E-state index < -0.39 is 26.7 Å². The van der Waals surface area contributed by atoms with Gasteiger partial charge in [0.1, 0.15) is 23.8 Å². The zero-order valence-corrected chi connectivity index (χ0v) is 17.1. The maximum atomic E-state index is 12.8. The molecule has 0 radical (unpaired) electrons. The molecule has 0 saturated heterocycles. The van der Waals surface area contributed by atoms with E-state index in [1.54, 1.807) is 12.3 Å². The molecule has 0 saturated carbocycles. The number of aromatic nitrogens is 3. The fraction of sp³-hybridized carbons (Fsp3) is 0.211. The minimum absolute atomic E-state index is 0.0647. The predicted molar refractivity (Wildman–Crippen MR) is 109 cm³/mol. The maximum absolute atomic E-state index is 12.8. The average molecular weight is 452 g/mol. The van der Waals surface area contributed by atoms with Gasteiger partial charge in [-0.05, 0) is 42.8 Å². The Balaban J connectivity index is 1.56. The molecule has 0 atom stereocenters. The number of pyridine rings is 1. The molecule has 0 amide bonds. The van der Waals surface area contributed by atoms with Crippen LogP contribution in [0.4, 0.5) is 30.6 Å². The molecule has 0 fully saturated rings. The van der Waals surface area contributed by atoms with Crippen molar-refractivity contribution in [1.82, 2.24) is 19.7 Å². The minimum Gasteiger partial charge on any atom is -0.369 e. The van der Waals surface area contributed by atoms with Gasteiger partial charge in [-0.15, -0.1) is 0 Å². The Morgan fingerprint density at radius 1 is 0.935 bits per heavy atom. The number of halogens is 3. The average Bonchev–Trinajstić information content (AvgIpc) is 2.71. The van der Waals surface area contributed by atoms with Crippen molar-refractivity contribution in [2.45, 2.75) is 18.0 Å². The van der Waals surface area contributed by atoms with E-state index in [2.05, 4.69) is 30.3 Å².